The first-order valence-electron chi connectivity index (χ1n) is 5.14. The van der Waals surface area contributed by atoms with Gasteiger partial charge in [-0.1, -0.05) is 32.4 Å². The van der Waals surface area contributed by atoms with E-state index in [0.29, 0.717) is 0 Å². The number of halogens is 2. The largest absolute Gasteiger partial charge is 0.256 e. The van der Waals surface area contributed by atoms with Gasteiger partial charge in [-0.25, -0.2) is 4.39 Å². The van der Waals surface area contributed by atoms with Crippen LogP contribution in [0.4, 0.5) is 4.39 Å². The van der Waals surface area contributed by atoms with Gasteiger partial charge in [0.15, 0.2) is 0 Å². The zero-order valence-corrected chi connectivity index (χ0v) is 10.3. The van der Waals surface area contributed by atoms with Crippen molar-refractivity contribution in [1.29, 1.82) is 0 Å². The summed E-state index contributed by atoms with van der Waals surface area (Å²) in [5.74, 6) is -0.396. The monoisotopic (exact) mass is 237 g/mol. The summed E-state index contributed by atoms with van der Waals surface area (Å²) in [6.07, 6.45) is 1.73. The molecule has 0 saturated carbocycles. The maximum Gasteiger partial charge on any atom is 0.142 e. The maximum atomic E-state index is 13.5. The number of aromatic nitrogens is 1. The normalized spacial score (nSPS) is 12.1. The topological polar surface area (TPSA) is 12.9 Å². The molecule has 0 aliphatic heterocycles. The molecule has 2 aromatic rings. The molecule has 0 aliphatic carbocycles. The summed E-state index contributed by atoms with van der Waals surface area (Å²) in [4.78, 5) is 4.21. The molecule has 1 aromatic carbocycles. The number of benzene rings is 1. The average molecular weight is 238 g/mol. The second-order valence-electron chi connectivity index (χ2n) is 4.89. The maximum absolute atomic E-state index is 13.5. The van der Waals surface area contributed by atoms with Gasteiger partial charge in [0.25, 0.3) is 0 Å². The first-order valence-corrected chi connectivity index (χ1v) is 5.51. The van der Waals surface area contributed by atoms with Crippen molar-refractivity contribution in [2.75, 3.05) is 0 Å². The van der Waals surface area contributed by atoms with Gasteiger partial charge in [-0.15, -0.1) is 0 Å². The molecule has 2 rings (SSSR count). The number of hydrogen-bond acceptors (Lipinski definition) is 1. The van der Waals surface area contributed by atoms with E-state index in [9.17, 15) is 4.39 Å². The third-order valence-corrected chi connectivity index (χ3v) is 2.88. The highest BCUT2D eigenvalue weighted by atomic mass is 35.5. The summed E-state index contributed by atoms with van der Waals surface area (Å²) in [5.41, 5.74) is 1.77. The van der Waals surface area contributed by atoms with Crippen molar-refractivity contribution in [3.8, 4) is 0 Å². The van der Waals surface area contributed by atoms with Crippen LogP contribution in [0.15, 0.2) is 24.4 Å². The van der Waals surface area contributed by atoms with Crippen molar-refractivity contribution in [2.24, 2.45) is 0 Å². The Labute approximate surface area is 99.3 Å². The fourth-order valence-electron chi connectivity index (χ4n) is 1.79. The molecule has 0 radical (unpaired) electrons. The van der Waals surface area contributed by atoms with Gasteiger partial charge >= 0.3 is 0 Å². The molecule has 0 bridgehead atoms. The van der Waals surface area contributed by atoms with Gasteiger partial charge < -0.3 is 0 Å². The van der Waals surface area contributed by atoms with E-state index in [0.717, 1.165) is 16.5 Å². The smallest absolute Gasteiger partial charge is 0.142 e. The minimum absolute atomic E-state index is 0.0402. The van der Waals surface area contributed by atoms with Crippen molar-refractivity contribution in [1.82, 2.24) is 4.98 Å². The predicted octanol–water partition coefficient (Wildman–Crippen LogP) is 4.32. The molecular formula is C13H13ClFN. The number of hydrogen-bond donors (Lipinski definition) is 0. The van der Waals surface area contributed by atoms with Gasteiger partial charge in [-0.05, 0) is 29.2 Å². The lowest BCUT2D eigenvalue weighted by Crippen LogP contribution is -2.12. The Hall–Kier alpha value is -1.15. The fraction of sp³-hybridized carbons (Fsp3) is 0.308. The quantitative estimate of drug-likeness (QED) is 0.665. The molecular weight excluding hydrogens is 225 g/mol. The molecule has 0 aliphatic rings. The van der Waals surface area contributed by atoms with Crippen LogP contribution in [0.25, 0.3) is 10.9 Å². The standard InChI is InChI=1S/C13H13ClFN/c1-13(2,3)9-4-5-16-12-7-10(14)11(15)6-8(9)12/h4-7H,1-3H3. The van der Waals surface area contributed by atoms with Crippen LogP contribution in [-0.4, -0.2) is 4.98 Å². The van der Waals surface area contributed by atoms with Gasteiger partial charge in [0.1, 0.15) is 5.82 Å². The number of fused-ring (bicyclic) bond motifs is 1. The van der Waals surface area contributed by atoms with Crippen LogP contribution < -0.4 is 0 Å². The van der Waals surface area contributed by atoms with E-state index < -0.39 is 5.82 Å². The molecule has 0 saturated heterocycles. The molecule has 0 spiro atoms. The van der Waals surface area contributed by atoms with E-state index >= 15 is 0 Å². The predicted molar refractivity (Wildman–Crippen MR) is 65.4 cm³/mol. The SMILES string of the molecule is CC(C)(C)c1ccnc2cc(Cl)c(F)cc12. The van der Waals surface area contributed by atoms with E-state index in [2.05, 4.69) is 25.8 Å². The average Bonchev–Trinajstić information content (AvgIpc) is 2.17. The summed E-state index contributed by atoms with van der Waals surface area (Å²) >= 11 is 5.74. The molecule has 1 aromatic heterocycles. The summed E-state index contributed by atoms with van der Waals surface area (Å²) in [6, 6.07) is 4.96. The lowest BCUT2D eigenvalue weighted by molar-refractivity contribution is 0.594. The molecule has 0 N–H and O–H groups in total. The lowest BCUT2D eigenvalue weighted by atomic mass is 9.85. The zero-order valence-electron chi connectivity index (χ0n) is 9.51. The molecule has 1 heterocycles. The Balaban J connectivity index is 2.82. The Kier molecular flexibility index (Phi) is 2.62. The van der Waals surface area contributed by atoms with Crippen molar-refractivity contribution < 1.29 is 4.39 Å². The minimum atomic E-state index is -0.396. The van der Waals surface area contributed by atoms with E-state index in [1.807, 2.05) is 6.07 Å². The van der Waals surface area contributed by atoms with Gasteiger partial charge in [0, 0.05) is 11.6 Å². The first kappa shape index (κ1) is 11.3. The molecule has 84 valence electrons. The van der Waals surface area contributed by atoms with E-state index in [1.165, 1.54) is 6.07 Å². The highest BCUT2D eigenvalue weighted by Gasteiger charge is 2.18. The number of pyridine rings is 1. The third kappa shape index (κ3) is 1.90. The van der Waals surface area contributed by atoms with E-state index in [-0.39, 0.29) is 10.4 Å². The molecule has 0 amide bonds. The summed E-state index contributed by atoms with van der Waals surface area (Å²) in [6.45, 7) is 6.27. The zero-order chi connectivity index (χ0) is 11.9. The van der Waals surface area contributed by atoms with E-state index in [4.69, 9.17) is 11.6 Å². The van der Waals surface area contributed by atoms with Gasteiger partial charge in [0.05, 0.1) is 10.5 Å². The van der Waals surface area contributed by atoms with Crippen LogP contribution in [0.1, 0.15) is 26.3 Å². The first-order chi connectivity index (χ1) is 7.39. The van der Waals surface area contributed by atoms with Gasteiger partial charge in [-0.2, -0.15) is 0 Å². The van der Waals surface area contributed by atoms with Crippen LogP contribution in [0, 0.1) is 5.82 Å². The summed E-state index contributed by atoms with van der Waals surface area (Å²) < 4.78 is 13.5. The van der Waals surface area contributed by atoms with Gasteiger partial charge in [0.2, 0.25) is 0 Å². The van der Waals surface area contributed by atoms with Crippen molar-refractivity contribution >= 4 is 22.5 Å². The van der Waals surface area contributed by atoms with Gasteiger partial charge in [-0.3, -0.25) is 4.98 Å². The minimum Gasteiger partial charge on any atom is -0.256 e. The van der Waals surface area contributed by atoms with Crippen molar-refractivity contribution in [3.05, 3.63) is 40.8 Å². The Morgan fingerprint density at radius 2 is 1.94 bits per heavy atom. The lowest BCUT2D eigenvalue weighted by Gasteiger charge is -2.21. The van der Waals surface area contributed by atoms with Crippen LogP contribution in [0.2, 0.25) is 5.02 Å². The molecule has 0 fully saturated rings. The molecule has 16 heavy (non-hydrogen) atoms. The number of rotatable bonds is 0. The third-order valence-electron chi connectivity index (χ3n) is 2.59. The van der Waals surface area contributed by atoms with E-state index in [1.54, 1.807) is 12.3 Å². The fourth-order valence-corrected chi connectivity index (χ4v) is 1.95. The number of nitrogens with zero attached hydrogens (tertiary/aromatic N) is 1. The highest BCUT2D eigenvalue weighted by Crippen LogP contribution is 2.31. The molecule has 1 nitrogen and oxygen atoms in total. The van der Waals surface area contributed by atoms with Crippen LogP contribution in [0.3, 0.4) is 0 Å². The van der Waals surface area contributed by atoms with Crippen LogP contribution >= 0.6 is 11.6 Å². The van der Waals surface area contributed by atoms with Crippen LogP contribution in [0.5, 0.6) is 0 Å². The second-order valence-corrected chi connectivity index (χ2v) is 5.30. The second kappa shape index (κ2) is 3.70. The molecule has 0 unspecified atom stereocenters. The Bertz CT molecular complexity index is 543. The Morgan fingerprint density at radius 1 is 1.25 bits per heavy atom. The molecule has 3 heteroatoms. The summed E-state index contributed by atoms with van der Waals surface area (Å²) in [7, 11) is 0. The van der Waals surface area contributed by atoms with Crippen LogP contribution in [-0.2, 0) is 5.41 Å². The molecule has 0 atom stereocenters. The van der Waals surface area contributed by atoms with Crippen molar-refractivity contribution in [3.63, 3.8) is 0 Å². The summed E-state index contributed by atoms with van der Waals surface area (Å²) in [5, 5.41) is 0.947. The van der Waals surface area contributed by atoms with Crippen molar-refractivity contribution in [2.45, 2.75) is 26.2 Å². The highest BCUT2D eigenvalue weighted by molar-refractivity contribution is 6.31. The Morgan fingerprint density at radius 3 is 2.56 bits per heavy atom.